The number of terminal acetylenes is 1. The molecule has 0 saturated carbocycles. The number of ether oxygens (including phenoxy) is 2. The lowest BCUT2D eigenvalue weighted by atomic mass is 10.1. The van der Waals surface area contributed by atoms with Crippen molar-refractivity contribution < 1.29 is 14.6 Å². The average molecular weight is 490 g/mol. The smallest absolute Gasteiger partial charge is 0.260 e. The lowest BCUT2D eigenvalue weighted by Crippen LogP contribution is -2.35. The van der Waals surface area contributed by atoms with Crippen LogP contribution in [0.3, 0.4) is 0 Å². The van der Waals surface area contributed by atoms with Gasteiger partial charge in [-0.25, -0.2) is 4.98 Å². The van der Waals surface area contributed by atoms with E-state index in [0.717, 1.165) is 16.7 Å². The molecule has 0 saturated heterocycles. The summed E-state index contributed by atoms with van der Waals surface area (Å²) in [4.78, 5) is 23.5. The van der Waals surface area contributed by atoms with Crippen molar-refractivity contribution in [1.29, 1.82) is 0 Å². The van der Waals surface area contributed by atoms with Crippen molar-refractivity contribution in [2.24, 2.45) is 0 Å². The third-order valence-corrected chi connectivity index (χ3v) is 6.35. The molecule has 180 valence electrons. The first-order valence-electron chi connectivity index (χ1n) is 11.2. The number of methoxy groups -OCH3 is 1. The molecule has 4 aromatic rings. The lowest BCUT2D eigenvalue weighted by molar-refractivity contribution is 0.0238. The SMILES string of the molecule is C#CCOCC(O)CN(Cc1ccccc1)Cc1nc2scc(-c3ccccc3OC)c2c(=O)[nH]1. The molecular formula is C27H27N3O4S. The van der Waals surface area contributed by atoms with Crippen LogP contribution in [0.15, 0.2) is 64.8 Å². The number of benzene rings is 2. The van der Waals surface area contributed by atoms with Gasteiger partial charge in [0.25, 0.3) is 5.56 Å². The molecule has 0 spiro atoms. The minimum absolute atomic E-state index is 0.131. The number of hydrogen-bond donors (Lipinski definition) is 2. The summed E-state index contributed by atoms with van der Waals surface area (Å²) < 4.78 is 10.8. The number of H-pyrrole nitrogens is 1. The minimum atomic E-state index is -0.735. The van der Waals surface area contributed by atoms with E-state index in [1.54, 1.807) is 7.11 Å². The van der Waals surface area contributed by atoms with Crippen molar-refractivity contribution in [3.05, 3.63) is 81.7 Å². The highest BCUT2D eigenvalue weighted by Crippen LogP contribution is 2.36. The van der Waals surface area contributed by atoms with Crippen LogP contribution in [0.2, 0.25) is 0 Å². The van der Waals surface area contributed by atoms with Crippen molar-refractivity contribution in [2.75, 3.05) is 26.9 Å². The number of aliphatic hydroxyl groups is 1. The second-order valence-corrected chi connectivity index (χ2v) is 8.93. The predicted molar refractivity (Wildman–Crippen MR) is 138 cm³/mol. The molecule has 0 amide bonds. The molecule has 0 fully saturated rings. The minimum Gasteiger partial charge on any atom is -0.496 e. The molecule has 4 rings (SSSR count). The first-order chi connectivity index (χ1) is 17.1. The first kappa shape index (κ1) is 24.6. The number of rotatable bonds is 11. The van der Waals surface area contributed by atoms with Crippen LogP contribution in [0, 0.1) is 12.3 Å². The van der Waals surface area contributed by atoms with E-state index in [9.17, 15) is 9.90 Å². The highest BCUT2D eigenvalue weighted by atomic mass is 32.1. The van der Waals surface area contributed by atoms with Gasteiger partial charge in [0.2, 0.25) is 0 Å². The van der Waals surface area contributed by atoms with Gasteiger partial charge in [-0.3, -0.25) is 9.69 Å². The fraction of sp³-hybridized carbons (Fsp3) is 0.259. The Bertz CT molecular complexity index is 1360. The normalized spacial score (nSPS) is 12.1. The molecular weight excluding hydrogens is 462 g/mol. The Kier molecular flexibility index (Phi) is 8.29. The maximum absolute atomic E-state index is 13.2. The van der Waals surface area contributed by atoms with Gasteiger partial charge in [0.15, 0.2) is 0 Å². The highest BCUT2D eigenvalue weighted by Gasteiger charge is 2.18. The molecule has 2 aromatic heterocycles. The lowest BCUT2D eigenvalue weighted by Gasteiger charge is -2.24. The first-order valence-corrected chi connectivity index (χ1v) is 12.1. The molecule has 0 aliphatic carbocycles. The molecule has 1 unspecified atom stereocenters. The molecule has 2 heterocycles. The third-order valence-electron chi connectivity index (χ3n) is 5.48. The van der Waals surface area contributed by atoms with Gasteiger partial charge in [-0.1, -0.05) is 54.5 Å². The van der Waals surface area contributed by atoms with E-state index in [0.29, 0.717) is 41.4 Å². The van der Waals surface area contributed by atoms with Gasteiger partial charge in [0, 0.05) is 29.6 Å². The summed E-state index contributed by atoms with van der Waals surface area (Å²) in [5.74, 6) is 3.63. The Balaban J connectivity index is 1.60. The van der Waals surface area contributed by atoms with Crippen LogP contribution in [-0.4, -0.2) is 52.9 Å². The molecule has 0 bridgehead atoms. The van der Waals surface area contributed by atoms with E-state index in [-0.39, 0.29) is 18.8 Å². The number of aromatic amines is 1. The largest absolute Gasteiger partial charge is 0.496 e. The van der Waals surface area contributed by atoms with Crippen LogP contribution in [0.1, 0.15) is 11.4 Å². The summed E-state index contributed by atoms with van der Waals surface area (Å²) in [7, 11) is 1.61. The Morgan fingerprint density at radius 3 is 2.69 bits per heavy atom. The number of nitrogens with zero attached hydrogens (tertiary/aromatic N) is 2. The maximum atomic E-state index is 13.2. The molecule has 1 atom stereocenters. The molecule has 0 aliphatic heterocycles. The summed E-state index contributed by atoms with van der Waals surface area (Å²) in [5, 5.41) is 12.9. The Hall–Kier alpha value is -3.48. The van der Waals surface area contributed by atoms with Crippen LogP contribution in [-0.2, 0) is 17.8 Å². The van der Waals surface area contributed by atoms with Crippen LogP contribution < -0.4 is 10.3 Å². The zero-order chi connectivity index (χ0) is 24.6. The number of hydrogen-bond acceptors (Lipinski definition) is 7. The predicted octanol–water partition coefficient (Wildman–Crippen LogP) is 3.67. The van der Waals surface area contributed by atoms with E-state index in [1.807, 2.05) is 64.9 Å². The fourth-order valence-corrected chi connectivity index (χ4v) is 4.93. The Morgan fingerprint density at radius 1 is 1.14 bits per heavy atom. The number of thiophene rings is 1. The van der Waals surface area contributed by atoms with Gasteiger partial charge in [-0.2, -0.15) is 0 Å². The number of aromatic nitrogens is 2. The molecule has 0 aliphatic rings. The zero-order valence-electron chi connectivity index (χ0n) is 19.4. The monoisotopic (exact) mass is 489 g/mol. The summed E-state index contributed by atoms with van der Waals surface area (Å²) in [6.45, 7) is 1.54. The summed E-state index contributed by atoms with van der Waals surface area (Å²) in [5.41, 5.74) is 2.53. The van der Waals surface area contributed by atoms with Gasteiger partial charge in [-0.05, 0) is 11.6 Å². The van der Waals surface area contributed by atoms with Crippen molar-refractivity contribution in [3.63, 3.8) is 0 Å². The summed E-state index contributed by atoms with van der Waals surface area (Å²) in [6.07, 6.45) is 4.49. The van der Waals surface area contributed by atoms with E-state index in [1.165, 1.54) is 11.3 Å². The number of nitrogens with one attached hydrogen (secondary N) is 1. The van der Waals surface area contributed by atoms with Crippen LogP contribution in [0.4, 0.5) is 0 Å². The van der Waals surface area contributed by atoms with Crippen LogP contribution in [0.25, 0.3) is 21.3 Å². The van der Waals surface area contributed by atoms with E-state index >= 15 is 0 Å². The molecule has 2 aromatic carbocycles. The van der Waals surface area contributed by atoms with Gasteiger partial charge >= 0.3 is 0 Å². The highest BCUT2D eigenvalue weighted by molar-refractivity contribution is 7.17. The quantitative estimate of drug-likeness (QED) is 0.247. The van der Waals surface area contributed by atoms with Gasteiger partial charge in [-0.15, -0.1) is 17.8 Å². The molecule has 35 heavy (non-hydrogen) atoms. The standard InChI is InChI=1S/C27H27N3O4S/c1-3-13-34-17-20(31)15-30(14-19-9-5-4-6-10-19)16-24-28-26(32)25-22(18-35-27(25)29-24)21-11-7-8-12-23(21)33-2/h1,4-12,18,20,31H,13-17H2,2H3,(H,28,29,32). The topological polar surface area (TPSA) is 87.7 Å². The average Bonchev–Trinajstić information content (AvgIpc) is 3.29. The van der Waals surface area contributed by atoms with E-state index in [2.05, 4.69) is 10.9 Å². The van der Waals surface area contributed by atoms with Gasteiger partial charge < -0.3 is 19.6 Å². The number of fused-ring (bicyclic) bond motifs is 1. The number of para-hydroxylation sites is 1. The Morgan fingerprint density at radius 2 is 1.91 bits per heavy atom. The Labute approximate surface area is 208 Å². The number of aliphatic hydroxyl groups excluding tert-OH is 1. The summed E-state index contributed by atoms with van der Waals surface area (Å²) >= 11 is 1.42. The van der Waals surface area contributed by atoms with Gasteiger partial charge in [0.05, 0.1) is 31.8 Å². The zero-order valence-corrected chi connectivity index (χ0v) is 20.3. The van der Waals surface area contributed by atoms with Crippen molar-refractivity contribution in [1.82, 2.24) is 14.9 Å². The second-order valence-electron chi connectivity index (χ2n) is 8.07. The molecule has 2 N–H and O–H groups in total. The maximum Gasteiger partial charge on any atom is 0.260 e. The fourth-order valence-electron chi connectivity index (χ4n) is 3.98. The molecule has 0 radical (unpaired) electrons. The van der Waals surface area contributed by atoms with Crippen molar-refractivity contribution in [2.45, 2.75) is 19.2 Å². The van der Waals surface area contributed by atoms with Crippen molar-refractivity contribution >= 4 is 21.6 Å². The van der Waals surface area contributed by atoms with E-state index < -0.39 is 6.10 Å². The summed E-state index contributed by atoms with van der Waals surface area (Å²) in [6, 6.07) is 17.5. The van der Waals surface area contributed by atoms with E-state index in [4.69, 9.17) is 20.9 Å². The molecule has 7 nitrogen and oxygen atoms in total. The van der Waals surface area contributed by atoms with Crippen LogP contribution in [0.5, 0.6) is 5.75 Å². The van der Waals surface area contributed by atoms with Crippen molar-refractivity contribution in [3.8, 4) is 29.2 Å². The van der Waals surface area contributed by atoms with Gasteiger partial charge in [0.1, 0.15) is 23.0 Å². The second kappa shape index (κ2) is 11.8. The van der Waals surface area contributed by atoms with Crippen LogP contribution >= 0.6 is 11.3 Å². The third kappa shape index (κ3) is 6.15. The molecule has 8 heteroatoms.